The van der Waals surface area contributed by atoms with Crippen LogP contribution in [-0.4, -0.2) is 38.1 Å². The third-order valence-corrected chi connectivity index (χ3v) is 7.75. The van der Waals surface area contributed by atoms with E-state index in [2.05, 4.69) is 24.0 Å². The maximum absolute atomic E-state index is 13.8. The van der Waals surface area contributed by atoms with E-state index in [9.17, 15) is 4.79 Å². The van der Waals surface area contributed by atoms with Crippen LogP contribution in [-0.2, 0) is 11.2 Å². The Bertz CT molecular complexity index is 1230. The number of rotatable bonds is 4. The van der Waals surface area contributed by atoms with Gasteiger partial charge in [-0.25, -0.2) is 0 Å². The summed E-state index contributed by atoms with van der Waals surface area (Å²) in [5, 5.41) is 0.618. The standard InChI is InChI=1S/C26H25ClN2O3S/c1-16-19-14-23(32-3)22(31-2)12-17(19)10-11-28(16)15-26(30)29-20-6-4-5-7-24(20)33-25-9-8-18(27)13-21(25)29/h4-9,12-14,16H,10-11,15H2,1-3H3. The van der Waals surface area contributed by atoms with Crippen LogP contribution in [0.4, 0.5) is 11.4 Å². The second kappa shape index (κ2) is 8.93. The summed E-state index contributed by atoms with van der Waals surface area (Å²) in [7, 11) is 3.30. The minimum Gasteiger partial charge on any atom is -0.493 e. The fourth-order valence-electron chi connectivity index (χ4n) is 4.65. The predicted octanol–water partition coefficient (Wildman–Crippen LogP) is 6.11. The molecule has 2 aliphatic rings. The molecule has 5 rings (SSSR count). The molecule has 7 heteroatoms. The van der Waals surface area contributed by atoms with Crippen LogP contribution in [0.15, 0.2) is 64.4 Å². The number of hydrogen-bond acceptors (Lipinski definition) is 5. The minimum absolute atomic E-state index is 0.0297. The van der Waals surface area contributed by atoms with E-state index in [1.165, 1.54) is 11.1 Å². The van der Waals surface area contributed by atoms with Gasteiger partial charge in [0.15, 0.2) is 11.5 Å². The fraction of sp³-hybridized carbons (Fsp3) is 0.269. The molecule has 1 atom stereocenters. The zero-order valence-electron chi connectivity index (χ0n) is 18.8. The van der Waals surface area contributed by atoms with Gasteiger partial charge >= 0.3 is 0 Å². The second-order valence-electron chi connectivity index (χ2n) is 8.21. The van der Waals surface area contributed by atoms with Gasteiger partial charge in [-0.1, -0.05) is 35.5 Å². The molecule has 0 saturated heterocycles. The molecule has 2 heterocycles. The molecule has 0 bridgehead atoms. The number of benzene rings is 3. The highest BCUT2D eigenvalue weighted by Crippen LogP contribution is 2.49. The molecule has 5 nitrogen and oxygen atoms in total. The molecule has 0 spiro atoms. The highest BCUT2D eigenvalue weighted by Gasteiger charge is 2.32. The zero-order chi connectivity index (χ0) is 23.1. The van der Waals surface area contributed by atoms with Crippen LogP contribution in [0.3, 0.4) is 0 Å². The summed E-state index contributed by atoms with van der Waals surface area (Å²) in [5.41, 5.74) is 4.15. The van der Waals surface area contributed by atoms with E-state index in [1.807, 2.05) is 47.4 Å². The van der Waals surface area contributed by atoms with Gasteiger partial charge in [0.2, 0.25) is 5.91 Å². The van der Waals surface area contributed by atoms with Crippen molar-refractivity contribution < 1.29 is 14.3 Å². The van der Waals surface area contributed by atoms with Crippen LogP contribution in [0.1, 0.15) is 24.1 Å². The van der Waals surface area contributed by atoms with Crippen molar-refractivity contribution >= 4 is 40.6 Å². The van der Waals surface area contributed by atoms with E-state index < -0.39 is 0 Å². The molecule has 170 valence electrons. The molecule has 0 aromatic heterocycles. The first kappa shape index (κ1) is 22.1. The summed E-state index contributed by atoms with van der Waals surface area (Å²) in [4.78, 5) is 19.9. The fourth-order valence-corrected chi connectivity index (χ4v) is 5.86. The number of carbonyl (C=O) groups is 1. The lowest BCUT2D eigenvalue weighted by molar-refractivity contribution is -0.119. The Morgan fingerprint density at radius 2 is 1.76 bits per heavy atom. The lowest BCUT2D eigenvalue weighted by Gasteiger charge is -2.37. The van der Waals surface area contributed by atoms with E-state index in [0.717, 1.165) is 39.9 Å². The maximum atomic E-state index is 13.8. The Labute approximate surface area is 203 Å². The number of hydrogen-bond donors (Lipinski definition) is 0. The van der Waals surface area contributed by atoms with Crippen molar-refractivity contribution in [1.82, 2.24) is 4.90 Å². The van der Waals surface area contributed by atoms with Gasteiger partial charge in [-0.2, -0.15) is 0 Å². The Balaban J connectivity index is 1.46. The number of halogens is 1. The molecule has 1 unspecified atom stereocenters. The summed E-state index contributed by atoms with van der Waals surface area (Å²) in [6, 6.07) is 17.9. The molecule has 3 aromatic carbocycles. The van der Waals surface area contributed by atoms with Crippen molar-refractivity contribution in [3.05, 3.63) is 70.7 Å². The number of anilines is 2. The molecule has 33 heavy (non-hydrogen) atoms. The van der Waals surface area contributed by atoms with E-state index in [-0.39, 0.29) is 11.9 Å². The SMILES string of the molecule is COc1cc2c(cc1OC)C(C)N(CC(=O)N1c3ccccc3Sc3ccc(Cl)cc31)CC2. The second-order valence-corrected chi connectivity index (χ2v) is 9.73. The van der Waals surface area contributed by atoms with Gasteiger partial charge < -0.3 is 9.47 Å². The predicted molar refractivity (Wildman–Crippen MR) is 132 cm³/mol. The molecule has 1 amide bonds. The first-order chi connectivity index (χ1) is 16.0. The Hall–Kier alpha value is -2.67. The summed E-state index contributed by atoms with van der Waals surface area (Å²) in [6.07, 6.45) is 0.849. The lowest BCUT2D eigenvalue weighted by atomic mass is 9.92. The molecule has 0 N–H and O–H groups in total. The molecule has 0 aliphatic carbocycles. The first-order valence-electron chi connectivity index (χ1n) is 10.9. The number of methoxy groups -OCH3 is 2. The van der Waals surface area contributed by atoms with Gasteiger partial charge in [0.05, 0.1) is 32.1 Å². The molecule has 0 radical (unpaired) electrons. The number of nitrogens with zero attached hydrogens (tertiary/aromatic N) is 2. The Kier molecular flexibility index (Phi) is 5.99. The molecule has 0 saturated carbocycles. The largest absolute Gasteiger partial charge is 0.493 e. The normalized spacial score (nSPS) is 17.1. The molecular formula is C26H25ClN2O3S. The van der Waals surface area contributed by atoms with E-state index in [1.54, 1.807) is 26.0 Å². The van der Waals surface area contributed by atoms with Crippen molar-refractivity contribution in [1.29, 1.82) is 0 Å². The molecule has 2 aliphatic heterocycles. The smallest absolute Gasteiger partial charge is 0.245 e. The van der Waals surface area contributed by atoms with Gasteiger partial charge in [0.25, 0.3) is 0 Å². The lowest BCUT2D eigenvalue weighted by Crippen LogP contribution is -2.43. The Morgan fingerprint density at radius 1 is 1.03 bits per heavy atom. The van der Waals surface area contributed by atoms with Crippen LogP contribution < -0.4 is 14.4 Å². The summed E-state index contributed by atoms with van der Waals surface area (Å²) in [5.74, 6) is 1.48. The van der Waals surface area contributed by atoms with Crippen molar-refractivity contribution in [3.8, 4) is 11.5 Å². The topological polar surface area (TPSA) is 42.0 Å². The number of fused-ring (bicyclic) bond motifs is 3. The van der Waals surface area contributed by atoms with Gasteiger partial charge in [-0.3, -0.25) is 14.6 Å². The quantitative estimate of drug-likeness (QED) is 0.451. The number of carbonyl (C=O) groups excluding carboxylic acids is 1. The monoisotopic (exact) mass is 480 g/mol. The van der Waals surface area contributed by atoms with Crippen molar-refractivity contribution in [2.45, 2.75) is 29.2 Å². The molecular weight excluding hydrogens is 456 g/mol. The van der Waals surface area contributed by atoms with Crippen molar-refractivity contribution in [2.75, 3.05) is 32.2 Å². The Morgan fingerprint density at radius 3 is 2.55 bits per heavy atom. The third kappa shape index (κ3) is 3.97. The number of para-hydroxylation sites is 1. The molecule has 0 fully saturated rings. The highest BCUT2D eigenvalue weighted by atomic mass is 35.5. The first-order valence-corrected chi connectivity index (χ1v) is 12.1. The van der Waals surface area contributed by atoms with Gasteiger partial charge in [0, 0.05) is 27.4 Å². The number of amides is 1. The van der Waals surface area contributed by atoms with Gasteiger partial charge in [-0.15, -0.1) is 0 Å². The van der Waals surface area contributed by atoms with Gasteiger partial charge in [0.1, 0.15) is 0 Å². The third-order valence-electron chi connectivity index (χ3n) is 6.39. The van der Waals surface area contributed by atoms with Crippen LogP contribution >= 0.6 is 23.4 Å². The summed E-state index contributed by atoms with van der Waals surface area (Å²) < 4.78 is 11.0. The average molecular weight is 481 g/mol. The summed E-state index contributed by atoms with van der Waals surface area (Å²) in [6.45, 7) is 3.24. The number of ether oxygens (including phenoxy) is 2. The van der Waals surface area contributed by atoms with Crippen molar-refractivity contribution in [3.63, 3.8) is 0 Å². The minimum atomic E-state index is 0.0297. The maximum Gasteiger partial charge on any atom is 0.245 e. The molecule has 3 aromatic rings. The van der Waals surface area contributed by atoms with Crippen LogP contribution in [0.25, 0.3) is 0 Å². The van der Waals surface area contributed by atoms with Crippen LogP contribution in [0.2, 0.25) is 5.02 Å². The van der Waals surface area contributed by atoms with Gasteiger partial charge in [-0.05, 0) is 66.9 Å². The average Bonchev–Trinajstić information content (AvgIpc) is 2.83. The van der Waals surface area contributed by atoms with Crippen LogP contribution in [0, 0.1) is 0 Å². The van der Waals surface area contributed by atoms with E-state index in [4.69, 9.17) is 21.1 Å². The summed E-state index contributed by atoms with van der Waals surface area (Å²) >= 11 is 7.98. The van der Waals surface area contributed by atoms with Crippen LogP contribution in [0.5, 0.6) is 11.5 Å². The highest BCUT2D eigenvalue weighted by molar-refractivity contribution is 7.99. The van der Waals surface area contributed by atoms with E-state index in [0.29, 0.717) is 17.3 Å². The zero-order valence-corrected chi connectivity index (χ0v) is 20.4. The van der Waals surface area contributed by atoms with E-state index >= 15 is 0 Å². The van der Waals surface area contributed by atoms with Crippen molar-refractivity contribution in [2.24, 2.45) is 0 Å².